The first-order valence-electron chi connectivity index (χ1n) is 23.4. The zero-order chi connectivity index (χ0) is 49.5. The molecule has 3 aliphatic heterocycles. The zero-order valence-corrected chi connectivity index (χ0v) is 40.2. The number of ether oxygens (including phenoxy) is 7. The molecule has 70 heavy (non-hydrogen) atoms. The molecule has 9 atom stereocenters. The van der Waals surface area contributed by atoms with E-state index in [0.29, 0.717) is 17.8 Å². The van der Waals surface area contributed by atoms with Crippen LogP contribution in [0.3, 0.4) is 0 Å². The number of aliphatic hydroxyl groups is 1. The number of nitrogens with one attached hydrogen (secondary N) is 2. The number of rotatable bonds is 15. The lowest BCUT2D eigenvalue weighted by atomic mass is 9.83. The minimum Gasteiger partial charge on any atom is -0.463 e. The number of H-pyrrole nitrogens is 1. The highest BCUT2D eigenvalue weighted by Crippen LogP contribution is 2.47. The number of aliphatic hydroxyl groups excluding tert-OH is 1. The van der Waals surface area contributed by atoms with Gasteiger partial charge in [0.25, 0.3) is 0 Å². The maximum absolute atomic E-state index is 13.1. The fourth-order valence-electron chi connectivity index (χ4n) is 9.86. The van der Waals surface area contributed by atoms with Crippen molar-refractivity contribution >= 4 is 57.8 Å². The van der Waals surface area contributed by atoms with E-state index in [4.69, 9.17) is 45.4 Å². The molecule has 5 aromatic rings. The monoisotopic (exact) mass is 978 g/mol. The van der Waals surface area contributed by atoms with E-state index >= 15 is 0 Å². The highest BCUT2D eigenvalue weighted by molar-refractivity contribution is 7.80. The molecule has 3 N–H and O–H groups in total. The number of thiocarbonyl (C=S) groups is 1. The molecule has 3 aliphatic rings. The van der Waals surface area contributed by atoms with Crippen molar-refractivity contribution in [3.63, 3.8) is 0 Å². The van der Waals surface area contributed by atoms with E-state index in [1.165, 1.54) is 20.8 Å². The minimum absolute atomic E-state index is 0.0413. The van der Waals surface area contributed by atoms with Gasteiger partial charge in [-0.2, -0.15) is 0 Å². The molecule has 0 aliphatic carbocycles. The van der Waals surface area contributed by atoms with Crippen LogP contribution in [0.15, 0.2) is 108 Å². The fraction of sp³-hybridized carbons (Fsp3) is 0.423. The summed E-state index contributed by atoms with van der Waals surface area (Å²) in [5.41, 5.74) is 5.64. The third kappa shape index (κ3) is 12.0. The van der Waals surface area contributed by atoms with Crippen LogP contribution in [0.5, 0.6) is 0 Å². The second kappa shape index (κ2) is 22.6. The summed E-state index contributed by atoms with van der Waals surface area (Å²) in [6.07, 6.45) is -6.23. The van der Waals surface area contributed by atoms with Crippen LogP contribution < -0.4 is 11.0 Å². The number of hydrogen-bond acceptors (Lipinski definition) is 15. The van der Waals surface area contributed by atoms with Gasteiger partial charge in [-0.05, 0) is 53.8 Å². The van der Waals surface area contributed by atoms with Crippen molar-refractivity contribution in [1.82, 2.24) is 14.5 Å². The number of carbonyl (C=O) groups is 4. The summed E-state index contributed by atoms with van der Waals surface area (Å²) < 4.78 is 44.3. The Morgan fingerprint density at radius 1 is 0.714 bits per heavy atom. The number of carbonyl (C=O) groups excluding carboxylic acids is 4. The number of benzene rings is 4. The first-order valence-corrected chi connectivity index (χ1v) is 23.8. The van der Waals surface area contributed by atoms with Crippen LogP contribution in [0.1, 0.15) is 93.6 Å². The molecule has 3 saturated heterocycles. The molecule has 3 fully saturated rings. The highest BCUT2D eigenvalue weighted by Gasteiger charge is 2.52. The van der Waals surface area contributed by atoms with Gasteiger partial charge in [0.2, 0.25) is 0 Å². The van der Waals surface area contributed by atoms with Crippen LogP contribution in [0.2, 0.25) is 0 Å². The lowest BCUT2D eigenvalue weighted by molar-refractivity contribution is -0.264. The van der Waals surface area contributed by atoms with Gasteiger partial charge in [0.15, 0.2) is 24.6 Å². The molecule has 0 amide bonds. The molecule has 0 bridgehead atoms. The number of nitrogens with zero attached hydrogens (tertiary/aromatic N) is 2. The normalized spacial score (nSPS) is 25.1. The van der Waals surface area contributed by atoms with Gasteiger partial charge >= 0.3 is 29.6 Å². The summed E-state index contributed by atoms with van der Waals surface area (Å²) in [7, 11) is 0. The molecular weight excluding hydrogens is 921 g/mol. The maximum Gasteiger partial charge on any atom is 0.326 e. The van der Waals surface area contributed by atoms with Crippen molar-refractivity contribution in [2.75, 3.05) is 31.6 Å². The summed E-state index contributed by atoms with van der Waals surface area (Å²) in [5.74, 6) is -3.03. The average molecular weight is 979 g/mol. The number of anilines is 1. The van der Waals surface area contributed by atoms with E-state index in [-0.39, 0.29) is 48.4 Å². The molecule has 1 unspecified atom stereocenters. The van der Waals surface area contributed by atoms with E-state index in [9.17, 15) is 29.1 Å². The van der Waals surface area contributed by atoms with Crippen LogP contribution >= 0.6 is 12.2 Å². The third-order valence-corrected chi connectivity index (χ3v) is 13.1. The smallest absolute Gasteiger partial charge is 0.326 e. The number of aromatic nitrogens is 2. The number of esters is 4. The second-order valence-electron chi connectivity index (χ2n) is 17.9. The fourth-order valence-corrected chi connectivity index (χ4v) is 10.1. The van der Waals surface area contributed by atoms with Gasteiger partial charge in [-0.15, -0.1) is 0 Å². The molecule has 4 heterocycles. The lowest BCUT2D eigenvalue weighted by Crippen LogP contribution is -2.62. The van der Waals surface area contributed by atoms with Gasteiger partial charge in [0.1, 0.15) is 18.8 Å². The number of fused-ring (bicyclic) bond motifs is 1. The van der Waals surface area contributed by atoms with Crippen LogP contribution in [0, 0.1) is 0 Å². The molecule has 0 spiro atoms. The number of likely N-dealkylation sites (tertiary alicyclic amines) is 1. The Kier molecular flexibility index (Phi) is 16.2. The molecule has 4 aromatic carbocycles. The van der Waals surface area contributed by atoms with Gasteiger partial charge < -0.3 is 53.5 Å². The second-order valence-corrected chi connectivity index (χ2v) is 18.4. The minimum atomic E-state index is -1.33. The number of para-hydroxylation sites is 2. The first-order chi connectivity index (χ1) is 33.7. The van der Waals surface area contributed by atoms with E-state index in [1.807, 2.05) is 95.6 Å². The van der Waals surface area contributed by atoms with Crippen molar-refractivity contribution in [1.29, 1.82) is 0 Å². The molecule has 0 saturated carbocycles. The van der Waals surface area contributed by atoms with Crippen molar-refractivity contribution < 1.29 is 57.4 Å². The number of imidazole rings is 1. The van der Waals surface area contributed by atoms with E-state index < -0.39 is 66.8 Å². The van der Waals surface area contributed by atoms with Gasteiger partial charge in [-0.25, -0.2) is 4.79 Å². The van der Waals surface area contributed by atoms with Crippen LogP contribution in [0.25, 0.3) is 11.0 Å². The predicted molar refractivity (Wildman–Crippen MR) is 259 cm³/mol. The molecule has 1 aromatic heterocycles. The van der Waals surface area contributed by atoms with Crippen LogP contribution in [-0.2, 0) is 58.9 Å². The van der Waals surface area contributed by atoms with Crippen molar-refractivity contribution in [2.24, 2.45) is 0 Å². The topological polar surface area (TPSA) is 206 Å². The Labute approximate surface area is 410 Å². The van der Waals surface area contributed by atoms with E-state index in [1.54, 1.807) is 0 Å². The molecule has 370 valence electrons. The standard InChI is InChI=1S/C52H58N4O13S/c1-30(58)63-29-44-49(65-32(3)60)50(66-33(4)61)48(64-31(2)59)42(67-44)26-45(70)53-38-14-10-13-37(25-38)51-68-43(27-55-23-21-39(22-24-55)56-41-16-9-8-15-40(41)54-52(56)62)46(35-11-6-5-7-12-35)47(69-51)36-19-17-34(28-57)18-20-36/h5-20,25,39,42-44,46-51,57H,21-24,26-29H2,1-4H3,(H,53,70)(H,54,62)/t42-,43+,44+,46+,47-,48-,49+,50+,51?/m0/s1. The van der Waals surface area contributed by atoms with Crippen LogP contribution in [-0.4, -0.2) is 111 Å². The highest BCUT2D eigenvalue weighted by atomic mass is 32.1. The largest absolute Gasteiger partial charge is 0.463 e. The Morgan fingerprint density at radius 2 is 1.36 bits per heavy atom. The predicted octanol–water partition coefficient (Wildman–Crippen LogP) is 6.35. The number of piperidine rings is 1. The zero-order valence-electron chi connectivity index (χ0n) is 39.4. The number of aromatic amines is 1. The Morgan fingerprint density at radius 3 is 2.03 bits per heavy atom. The van der Waals surface area contributed by atoms with Gasteiger partial charge in [-0.3, -0.25) is 23.7 Å². The Hall–Kier alpha value is -6.28. The van der Waals surface area contributed by atoms with E-state index in [0.717, 1.165) is 60.6 Å². The lowest BCUT2D eigenvalue weighted by Gasteiger charge is -2.45. The summed E-state index contributed by atoms with van der Waals surface area (Å²) in [6.45, 7) is 6.34. The summed E-state index contributed by atoms with van der Waals surface area (Å²) in [6, 6.07) is 33.2. The molecule has 17 nitrogen and oxygen atoms in total. The SMILES string of the molecule is CC(=O)OC[C@H]1O[C@@H](CC(=S)Nc2cccc(C3O[C@H](CN4CCC(n5c(=O)[nH]c6ccccc65)CC4)[C@@H](c4ccccc4)[C@H](c4ccc(CO)cc4)O3)c2)[C@H](OC(C)=O)[C@@H](OC(C)=O)[C@@H]1OC(C)=O. The maximum atomic E-state index is 13.1. The quantitative estimate of drug-likeness (QED) is 0.0594. The van der Waals surface area contributed by atoms with Crippen molar-refractivity contribution in [3.8, 4) is 0 Å². The van der Waals surface area contributed by atoms with Crippen molar-refractivity contribution in [3.05, 3.63) is 136 Å². The van der Waals surface area contributed by atoms with Gasteiger partial charge in [0, 0.05) is 77.0 Å². The molecular formula is C52H58N4O13S. The molecule has 18 heteroatoms. The third-order valence-electron chi connectivity index (χ3n) is 12.9. The van der Waals surface area contributed by atoms with Gasteiger partial charge in [0.05, 0.1) is 34.8 Å². The Balaban J connectivity index is 1.05. The summed E-state index contributed by atoms with van der Waals surface area (Å²) in [5, 5.41) is 13.2. The summed E-state index contributed by atoms with van der Waals surface area (Å²) in [4.78, 5) is 67.8. The molecule has 0 radical (unpaired) electrons. The Bertz CT molecular complexity index is 2700. The van der Waals surface area contributed by atoms with E-state index in [2.05, 4.69) is 27.3 Å². The van der Waals surface area contributed by atoms with Gasteiger partial charge in [-0.1, -0.05) is 91.1 Å². The number of hydrogen-bond donors (Lipinski definition) is 3. The van der Waals surface area contributed by atoms with Crippen molar-refractivity contribution in [2.45, 2.75) is 115 Å². The average Bonchev–Trinajstić information content (AvgIpc) is 3.68. The summed E-state index contributed by atoms with van der Waals surface area (Å²) >= 11 is 5.88. The van der Waals surface area contributed by atoms with Crippen LogP contribution in [0.4, 0.5) is 5.69 Å². The molecule has 8 rings (SSSR count). The first kappa shape index (κ1) is 50.1.